The van der Waals surface area contributed by atoms with E-state index in [2.05, 4.69) is 10.1 Å². The van der Waals surface area contributed by atoms with Crippen molar-refractivity contribution in [1.29, 1.82) is 0 Å². The molecule has 0 radical (unpaired) electrons. The number of nitro groups is 1. The summed E-state index contributed by atoms with van der Waals surface area (Å²) in [6, 6.07) is 0. The van der Waals surface area contributed by atoms with E-state index in [-0.39, 0.29) is 5.28 Å². The topological polar surface area (TPSA) is 73.8 Å². The van der Waals surface area contributed by atoms with Crippen LogP contribution in [0.4, 0.5) is 5.95 Å². The molecule has 0 aliphatic carbocycles. The number of aryl methyl sites for hydroxylation is 1. The number of nitrogens with zero attached hydrogens (tertiary/aromatic N) is 4. The van der Waals surface area contributed by atoms with Crippen LogP contribution < -0.4 is 0 Å². The molecule has 6 nitrogen and oxygen atoms in total. The van der Waals surface area contributed by atoms with Crippen molar-refractivity contribution in [3.05, 3.63) is 15.4 Å². The second kappa shape index (κ2) is 2.22. The highest BCUT2D eigenvalue weighted by atomic mass is 35.5. The first kappa shape index (κ1) is 6.94. The minimum Gasteiger partial charge on any atom is -0.390 e. The van der Waals surface area contributed by atoms with Crippen LogP contribution in [0.3, 0.4) is 0 Å². The Hall–Kier alpha value is -1.17. The van der Waals surface area contributed by atoms with Crippen LogP contribution in [-0.4, -0.2) is 19.7 Å². The van der Waals surface area contributed by atoms with Crippen molar-refractivity contribution in [2.75, 3.05) is 0 Å². The number of aromatic nitrogens is 3. The van der Waals surface area contributed by atoms with Crippen molar-refractivity contribution in [2.45, 2.75) is 0 Å². The van der Waals surface area contributed by atoms with E-state index < -0.39 is 10.9 Å². The van der Waals surface area contributed by atoms with Gasteiger partial charge in [0.05, 0.1) is 0 Å². The monoisotopic (exact) mass is 162 g/mol. The first-order valence-electron chi connectivity index (χ1n) is 2.32. The lowest BCUT2D eigenvalue weighted by Gasteiger charge is -1.81. The molecular weight excluding hydrogens is 160 g/mol. The van der Waals surface area contributed by atoms with E-state index in [1.165, 1.54) is 7.05 Å². The zero-order chi connectivity index (χ0) is 7.72. The van der Waals surface area contributed by atoms with Crippen molar-refractivity contribution >= 4 is 17.5 Å². The van der Waals surface area contributed by atoms with Gasteiger partial charge in [0.25, 0.3) is 0 Å². The summed E-state index contributed by atoms with van der Waals surface area (Å²) >= 11 is 5.36. The van der Waals surface area contributed by atoms with Gasteiger partial charge in [-0.1, -0.05) is 0 Å². The standard InChI is InChI=1S/C3H3ClN4O2/c1-7-2(4)5-3(6-7)8(9)10/h1H3. The third-order valence-electron chi connectivity index (χ3n) is 0.862. The average molecular weight is 163 g/mol. The summed E-state index contributed by atoms with van der Waals surface area (Å²) in [6.45, 7) is 0. The molecule has 0 saturated heterocycles. The Morgan fingerprint density at radius 2 is 2.40 bits per heavy atom. The molecule has 0 fully saturated rings. The first-order valence-corrected chi connectivity index (χ1v) is 2.70. The fourth-order valence-electron chi connectivity index (χ4n) is 0.430. The molecule has 0 saturated carbocycles. The maximum absolute atomic E-state index is 9.98. The van der Waals surface area contributed by atoms with E-state index in [4.69, 9.17) is 11.6 Å². The number of hydrogen-bond donors (Lipinski definition) is 0. The van der Waals surface area contributed by atoms with E-state index in [0.29, 0.717) is 0 Å². The third-order valence-corrected chi connectivity index (χ3v) is 1.19. The van der Waals surface area contributed by atoms with Gasteiger partial charge >= 0.3 is 11.2 Å². The molecule has 54 valence electrons. The van der Waals surface area contributed by atoms with Gasteiger partial charge in [0, 0.05) is 12.1 Å². The van der Waals surface area contributed by atoms with E-state index >= 15 is 0 Å². The van der Waals surface area contributed by atoms with E-state index in [1.807, 2.05) is 0 Å². The minimum absolute atomic E-state index is 0.00620. The summed E-state index contributed by atoms with van der Waals surface area (Å²) in [5, 5.41) is 13.4. The fourth-order valence-corrected chi connectivity index (χ4v) is 0.543. The quantitative estimate of drug-likeness (QED) is 0.442. The lowest BCUT2D eigenvalue weighted by atomic mass is 11.1. The van der Waals surface area contributed by atoms with Crippen LogP contribution in [0.5, 0.6) is 0 Å². The third kappa shape index (κ3) is 1.06. The first-order chi connectivity index (χ1) is 4.61. The number of halogens is 1. The van der Waals surface area contributed by atoms with Crippen LogP contribution in [0.15, 0.2) is 0 Å². The van der Waals surface area contributed by atoms with Gasteiger partial charge in [-0.15, -0.1) is 0 Å². The predicted octanol–water partition coefficient (Wildman–Crippen LogP) is 0.377. The van der Waals surface area contributed by atoms with Crippen molar-refractivity contribution in [1.82, 2.24) is 14.8 Å². The van der Waals surface area contributed by atoms with E-state index in [1.54, 1.807) is 0 Å². The Labute approximate surface area is 60.6 Å². The lowest BCUT2D eigenvalue weighted by molar-refractivity contribution is -0.394. The van der Waals surface area contributed by atoms with Crippen molar-refractivity contribution in [2.24, 2.45) is 7.05 Å². The molecule has 0 unspecified atom stereocenters. The largest absolute Gasteiger partial charge is 0.492 e. The summed E-state index contributed by atoms with van der Waals surface area (Å²) < 4.78 is 1.12. The van der Waals surface area contributed by atoms with Crippen LogP contribution in [0, 0.1) is 10.1 Å². The van der Waals surface area contributed by atoms with Gasteiger partial charge in [-0.2, -0.15) is 4.68 Å². The van der Waals surface area contributed by atoms with E-state index in [9.17, 15) is 10.1 Å². The summed E-state index contributed by atoms with van der Waals surface area (Å²) in [6.07, 6.45) is 0. The highest BCUT2D eigenvalue weighted by Crippen LogP contribution is 2.08. The second-order valence-corrected chi connectivity index (χ2v) is 1.90. The van der Waals surface area contributed by atoms with Crippen LogP contribution in [0.2, 0.25) is 5.28 Å². The maximum atomic E-state index is 9.98. The molecule has 10 heavy (non-hydrogen) atoms. The van der Waals surface area contributed by atoms with Gasteiger partial charge < -0.3 is 10.1 Å². The summed E-state index contributed by atoms with van der Waals surface area (Å²) in [7, 11) is 1.47. The molecule has 1 aromatic rings. The normalized spacial score (nSPS) is 9.80. The summed E-state index contributed by atoms with van der Waals surface area (Å²) in [5.74, 6) is -0.479. The van der Waals surface area contributed by atoms with Gasteiger partial charge in [0.1, 0.15) is 0 Å². The minimum atomic E-state index is -0.702. The summed E-state index contributed by atoms with van der Waals surface area (Å²) in [5.41, 5.74) is 0. The Balaban J connectivity index is 3.10. The fraction of sp³-hybridized carbons (Fsp3) is 0.333. The molecule has 1 aromatic heterocycles. The molecule has 0 spiro atoms. The Morgan fingerprint density at radius 1 is 1.80 bits per heavy atom. The second-order valence-electron chi connectivity index (χ2n) is 1.56. The lowest BCUT2D eigenvalue weighted by Crippen LogP contribution is -1.92. The van der Waals surface area contributed by atoms with Crippen molar-refractivity contribution < 1.29 is 4.92 Å². The molecule has 0 N–H and O–H groups in total. The Morgan fingerprint density at radius 3 is 2.60 bits per heavy atom. The molecule has 0 aromatic carbocycles. The van der Waals surface area contributed by atoms with Gasteiger partial charge in [0.15, 0.2) is 0 Å². The van der Waals surface area contributed by atoms with Gasteiger partial charge in [-0.05, 0) is 21.5 Å². The zero-order valence-corrected chi connectivity index (χ0v) is 5.74. The van der Waals surface area contributed by atoms with Crippen LogP contribution >= 0.6 is 11.6 Å². The highest BCUT2D eigenvalue weighted by Gasteiger charge is 2.16. The molecular formula is C3H3ClN4O2. The molecule has 1 heterocycles. The van der Waals surface area contributed by atoms with Crippen LogP contribution in [0.1, 0.15) is 0 Å². The highest BCUT2D eigenvalue weighted by molar-refractivity contribution is 6.28. The van der Waals surface area contributed by atoms with Crippen LogP contribution in [-0.2, 0) is 7.05 Å². The van der Waals surface area contributed by atoms with Crippen molar-refractivity contribution in [3.63, 3.8) is 0 Å². The number of rotatable bonds is 1. The van der Waals surface area contributed by atoms with Gasteiger partial charge in [-0.25, -0.2) is 0 Å². The van der Waals surface area contributed by atoms with Gasteiger partial charge in [-0.3, -0.25) is 0 Å². The molecule has 1 rings (SSSR count). The van der Waals surface area contributed by atoms with Crippen LogP contribution in [0.25, 0.3) is 0 Å². The Kier molecular flexibility index (Phi) is 1.54. The molecule has 0 bridgehead atoms. The molecule has 0 atom stereocenters. The smallest absolute Gasteiger partial charge is 0.390 e. The predicted molar refractivity (Wildman–Crippen MR) is 32.7 cm³/mol. The average Bonchev–Trinajstić information content (AvgIpc) is 2.13. The molecule has 0 aliphatic rings. The maximum Gasteiger partial charge on any atom is 0.492 e. The SMILES string of the molecule is Cn1nc([N+](=O)[O-])nc1Cl. The Bertz CT molecular complexity index is 250. The van der Waals surface area contributed by atoms with Crippen molar-refractivity contribution in [3.8, 4) is 0 Å². The summed E-state index contributed by atoms with van der Waals surface area (Å²) in [4.78, 5) is 12.6. The van der Waals surface area contributed by atoms with E-state index in [0.717, 1.165) is 4.68 Å². The molecule has 0 amide bonds. The van der Waals surface area contributed by atoms with Gasteiger partial charge in [0.2, 0.25) is 0 Å². The number of hydrogen-bond acceptors (Lipinski definition) is 4. The molecule has 7 heteroatoms. The zero-order valence-electron chi connectivity index (χ0n) is 4.98. The molecule has 0 aliphatic heterocycles.